The third kappa shape index (κ3) is 2.65. The summed E-state index contributed by atoms with van der Waals surface area (Å²) in [4.78, 5) is 10.7. The molecule has 1 aromatic heterocycles. The van der Waals surface area contributed by atoms with Crippen molar-refractivity contribution in [3.05, 3.63) is 40.7 Å². The van der Waals surface area contributed by atoms with Gasteiger partial charge in [-0.25, -0.2) is 0 Å². The largest absolute Gasteiger partial charge is 0.447 e. The average molecular weight is 262 g/mol. The summed E-state index contributed by atoms with van der Waals surface area (Å²) in [5, 5.41) is 17.9. The van der Waals surface area contributed by atoms with Crippen LogP contribution in [0.5, 0.6) is 11.5 Å². The van der Waals surface area contributed by atoms with Gasteiger partial charge in [0, 0.05) is 13.6 Å². The number of rotatable bonds is 5. The zero-order chi connectivity index (χ0) is 13.8. The number of nitrogens with one attached hydrogen (secondary N) is 1. The van der Waals surface area contributed by atoms with Crippen LogP contribution in [0.3, 0.4) is 0 Å². The van der Waals surface area contributed by atoms with Crippen LogP contribution >= 0.6 is 0 Å². The fourth-order valence-corrected chi connectivity index (χ4v) is 1.69. The summed E-state index contributed by atoms with van der Waals surface area (Å²) in [7, 11) is 1.63. The number of ether oxygens (including phenoxy) is 1. The van der Waals surface area contributed by atoms with Crippen LogP contribution in [0.15, 0.2) is 30.6 Å². The zero-order valence-corrected chi connectivity index (χ0v) is 10.7. The molecule has 0 saturated heterocycles. The Kier molecular flexibility index (Phi) is 3.65. The zero-order valence-electron chi connectivity index (χ0n) is 10.7. The fourth-order valence-electron chi connectivity index (χ4n) is 1.69. The van der Waals surface area contributed by atoms with E-state index < -0.39 is 4.92 Å². The number of nitro benzene ring substituents is 1. The summed E-state index contributed by atoms with van der Waals surface area (Å²) in [5.74, 6) is 0.658. The lowest BCUT2D eigenvalue weighted by molar-refractivity contribution is -0.384. The molecule has 19 heavy (non-hydrogen) atoms. The van der Waals surface area contributed by atoms with E-state index in [1.807, 2.05) is 6.92 Å². The Bertz CT molecular complexity index is 594. The summed E-state index contributed by atoms with van der Waals surface area (Å²) in [6, 6.07) is 4.88. The number of aryl methyl sites for hydroxylation is 1. The molecular weight excluding hydrogens is 248 g/mol. The summed E-state index contributed by atoms with van der Waals surface area (Å²) in [6.07, 6.45) is 3.22. The maximum Gasteiger partial charge on any atom is 0.334 e. The molecule has 0 amide bonds. The van der Waals surface area contributed by atoms with Crippen LogP contribution < -0.4 is 10.1 Å². The first-order valence-electron chi connectivity index (χ1n) is 5.81. The van der Waals surface area contributed by atoms with Crippen molar-refractivity contribution in [2.24, 2.45) is 0 Å². The number of para-hydroxylation sites is 1. The van der Waals surface area contributed by atoms with Crippen molar-refractivity contribution < 1.29 is 9.66 Å². The van der Waals surface area contributed by atoms with Gasteiger partial charge in [0.05, 0.1) is 17.3 Å². The van der Waals surface area contributed by atoms with Crippen molar-refractivity contribution in [2.45, 2.75) is 13.5 Å². The molecule has 1 heterocycles. The highest BCUT2D eigenvalue weighted by Crippen LogP contribution is 2.36. The van der Waals surface area contributed by atoms with Gasteiger partial charge < -0.3 is 10.1 Å². The van der Waals surface area contributed by atoms with Crippen LogP contribution in [0.1, 0.15) is 6.92 Å². The summed E-state index contributed by atoms with van der Waals surface area (Å²) >= 11 is 0. The topological polar surface area (TPSA) is 82.2 Å². The molecule has 0 aliphatic heterocycles. The van der Waals surface area contributed by atoms with Gasteiger partial charge >= 0.3 is 5.69 Å². The molecule has 0 unspecified atom stereocenters. The highest BCUT2D eigenvalue weighted by molar-refractivity contribution is 5.68. The van der Waals surface area contributed by atoms with Crippen molar-refractivity contribution in [1.82, 2.24) is 9.78 Å². The normalized spacial score (nSPS) is 10.2. The first-order valence-corrected chi connectivity index (χ1v) is 5.81. The lowest BCUT2D eigenvalue weighted by atomic mass is 10.2. The third-order valence-electron chi connectivity index (χ3n) is 2.61. The molecule has 100 valence electrons. The van der Waals surface area contributed by atoms with Crippen LogP contribution in [-0.2, 0) is 6.54 Å². The number of nitro groups is 1. The number of hydrogen-bond donors (Lipinski definition) is 1. The van der Waals surface area contributed by atoms with Gasteiger partial charge in [0.1, 0.15) is 5.69 Å². The first kappa shape index (κ1) is 12.9. The minimum absolute atomic E-state index is 0.0887. The van der Waals surface area contributed by atoms with Gasteiger partial charge in [-0.15, -0.1) is 0 Å². The second kappa shape index (κ2) is 5.38. The number of nitrogens with zero attached hydrogens (tertiary/aromatic N) is 3. The molecule has 0 aliphatic rings. The monoisotopic (exact) mass is 262 g/mol. The van der Waals surface area contributed by atoms with E-state index in [0.29, 0.717) is 18.0 Å². The highest BCUT2D eigenvalue weighted by Gasteiger charge is 2.21. The first-order chi connectivity index (χ1) is 9.15. The van der Waals surface area contributed by atoms with Gasteiger partial charge in [0.2, 0.25) is 5.75 Å². The van der Waals surface area contributed by atoms with E-state index in [4.69, 9.17) is 4.74 Å². The van der Waals surface area contributed by atoms with E-state index in [1.165, 1.54) is 6.20 Å². The average Bonchev–Trinajstić information content (AvgIpc) is 2.85. The van der Waals surface area contributed by atoms with Crippen LogP contribution in [0.2, 0.25) is 0 Å². The van der Waals surface area contributed by atoms with Crippen LogP contribution in [0, 0.1) is 10.1 Å². The van der Waals surface area contributed by atoms with E-state index in [2.05, 4.69) is 10.4 Å². The lowest BCUT2D eigenvalue weighted by Crippen LogP contribution is -1.99. The Balaban J connectivity index is 2.36. The summed E-state index contributed by atoms with van der Waals surface area (Å²) in [6.45, 7) is 2.66. The van der Waals surface area contributed by atoms with Crippen molar-refractivity contribution in [2.75, 3.05) is 12.4 Å². The van der Waals surface area contributed by atoms with Gasteiger partial charge in [-0.3, -0.25) is 14.8 Å². The van der Waals surface area contributed by atoms with Gasteiger partial charge in [-0.1, -0.05) is 6.07 Å². The number of benzene rings is 1. The molecule has 0 saturated carbocycles. The molecule has 1 N–H and O–H groups in total. The van der Waals surface area contributed by atoms with Crippen LogP contribution in [-0.4, -0.2) is 21.8 Å². The molecule has 0 aliphatic carbocycles. The SMILES string of the molecule is CCn1cc(Oc2cccc(NC)c2[N+](=O)[O-])cn1. The minimum Gasteiger partial charge on any atom is -0.447 e. The smallest absolute Gasteiger partial charge is 0.334 e. The van der Waals surface area contributed by atoms with Crippen molar-refractivity contribution >= 4 is 11.4 Å². The molecule has 7 nitrogen and oxygen atoms in total. The van der Waals surface area contributed by atoms with Gasteiger partial charge in [-0.2, -0.15) is 5.10 Å². The molecule has 0 fully saturated rings. The molecule has 0 bridgehead atoms. The van der Waals surface area contributed by atoms with Gasteiger partial charge in [-0.05, 0) is 19.1 Å². The number of hydrogen-bond acceptors (Lipinski definition) is 5. The molecule has 0 atom stereocenters. The quantitative estimate of drug-likeness (QED) is 0.661. The Hall–Kier alpha value is -2.57. The number of aromatic nitrogens is 2. The maximum absolute atomic E-state index is 11.1. The van der Waals surface area contributed by atoms with Crippen LogP contribution in [0.25, 0.3) is 0 Å². The molecule has 7 heteroatoms. The Morgan fingerprint density at radius 3 is 2.89 bits per heavy atom. The Morgan fingerprint density at radius 2 is 2.32 bits per heavy atom. The molecular formula is C12H14N4O3. The highest BCUT2D eigenvalue weighted by atomic mass is 16.6. The van der Waals surface area contributed by atoms with E-state index >= 15 is 0 Å². The van der Waals surface area contributed by atoms with Gasteiger partial charge in [0.15, 0.2) is 5.75 Å². The predicted molar refractivity (Wildman–Crippen MR) is 70.6 cm³/mol. The standard InChI is InChI=1S/C12H14N4O3/c1-3-15-8-9(7-14-15)19-11-6-4-5-10(13-2)12(11)16(17)18/h4-8,13H,3H2,1-2H3. The maximum atomic E-state index is 11.1. The fraction of sp³-hybridized carbons (Fsp3) is 0.250. The molecule has 2 rings (SSSR count). The second-order valence-electron chi connectivity index (χ2n) is 3.79. The minimum atomic E-state index is -0.467. The van der Waals surface area contributed by atoms with E-state index in [9.17, 15) is 10.1 Å². The van der Waals surface area contributed by atoms with Crippen LogP contribution in [0.4, 0.5) is 11.4 Å². The molecule has 0 spiro atoms. The third-order valence-corrected chi connectivity index (χ3v) is 2.61. The van der Waals surface area contributed by atoms with Crippen molar-refractivity contribution in [3.63, 3.8) is 0 Å². The Morgan fingerprint density at radius 1 is 1.53 bits per heavy atom. The molecule has 2 aromatic rings. The van der Waals surface area contributed by atoms with Crippen molar-refractivity contribution in [1.29, 1.82) is 0 Å². The lowest BCUT2D eigenvalue weighted by Gasteiger charge is -2.07. The predicted octanol–water partition coefficient (Wildman–Crippen LogP) is 2.65. The number of anilines is 1. The molecule has 1 aromatic carbocycles. The summed E-state index contributed by atoms with van der Waals surface area (Å²) < 4.78 is 7.21. The Labute approximate surface area is 110 Å². The van der Waals surface area contributed by atoms with Gasteiger partial charge in [0.25, 0.3) is 0 Å². The molecule has 0 radical (unpaired) electrons. The summed E-state index contributed by atoms with van der Waals surface area (Å²) in [5.41, 5.74) is 0.319. The van der Waals surface area contributed by atoms with E-state index in [-0.39, 0.29) is 11.4 Å². The second-order valence-corrected chi connectivity index (χ2v) is 3.79. The van der Waals surface area contributed by atoms with E-state index in [1.54, 1.807) is 36.1 Å². The van der Waals surface area contributed by atoms with E-state index in [0.717, 1.165) is 0 Å². The van der Waals surface area contributed by atoms with Crippen molar-refractivity contribution in [3.8, 4) is 11.5 Å².